The second kappa shape index (κ2) is 11.0. The topological polar surface area (TPSA) is 133 Å². The molecule has 1 aromatic carbocycles. The van der Waals surface area contributed by atoms with Crippen molar-refractivity contribution in [2.75, 3.05) is 25.0 Å². The maximum absolute atomic E-state index is 13.5. The Morgan fingerprint density at radius 1 is 1.24 bits per heavy atom. The monoisotopic (exact) mass is 570 g/mol. The Hall–Kier alpha value is -3.84. The minimum atomic E-state index is -0.422. The van der Waals surface area contributed by atoms with E-state index in [4.69, 9.17) is 4.63 Å². The van der Waals surface area contributed by atoms with Crippen LogP contribution < -0.4 is 10.8 Å². The average molecular weight is 571 g/mol. The van der Waals surface area contributed by atoms with Gasteiger partial charge in [0.15, 0.2) is 11.5 Å². The highest BCUT2D eigenvalue weighted by Gasteiger charge is 2.24. The molecule has 0 unspecified atom stereocenters. The zero-order valence-corrected chi connectivity index (χ0v) is 21.2. The predicted octanol–water partition coefficient (Wildman–Crippen LogP) is 4.03. The Kier molecular flexibility index (Phi) is 7.42. The lowest BCUT2D eigenvalue weighted by Crippen LogP contribution is -2.38. The van der Waals surface area contributed by atoms with Gasteiger partial charge >= 0.3 is 0 Å². The number of aliphatic imine (C=N–C) groups is 1. The van der Waals surface area contributed by atoms with E-state index in [1.54, 1.807) is 6.20 Å². The van der Waals surface area contributed by atoms with E-state index in [9.17, 15) is 14.4 Å². The lowest BCUT2D eigenvalue weighted by Gasteiger charge is -2.32. The van der Waals surface area contributed by atoms with Crippen LogP contribution in [0.1, 0.15) is 35.3 Å². The Bertz CT molecular complexity index is 1430. The van der Waals surface area contributed by atoms with Gasteiger partial charge in [-0.05, 0) is 81.8 Å². The van der Waals surface area contributed by atoms with Gasteiger partial charge in [0, 0.05) is 38.2 Å². The van der Waals surface area contributed by atoms with E-state index in [2.05, 4.69) is 41.5 Å². The number of nitrogens with one attached hydrogen (secondary N) is 2. The number of hydrogen-bond acceptors (Lipinski definition) is 8. The van der Waals surface area contributed by atoms with Crippen molar-refractivity contribution in [1.82, 2.24) is 30.1 Å². The number of fused-ring (bicyclic) bond motifs is 1. The number of hydrogen-bond donors (Lipinski definition) is 3. The molecule has 0 atom stereocenters. The molecule has 1 amide bonds. The van der Waals surface area contributed by atoms with E-state index in [0.29, 0.717) is 42.6 Å². The molecule has 3 aromatic heterocycles. The standard InChI is InChI=1S/C24H24BrFN8O3/c25-18-13-17(2-3-19(18)26)29-23(30-36)21-22(32-37-31-21)28-8-5-15-6-10-33(11-7-15)24(35)16-1-4-20-27-9-12-34(20)14-16/h1-4,9,12-15,36H,5-8,10-11H2,(H,28,32)(H,29,30). The lowest BCUT2D eigenvalue weighted by atomic mass is 9.93. The molecule has 13 heteroatoms. The Morgan fingerprint density at radius 3 is 2.86 bits per heavy atom. The minimum absolute atomic E-state index is 0.00274. The summed E-state index contributed by atoms with van der Waals surface area (Å²) in [5.41, 5.74) is 4.05. The van der Waals surface area contributed by atoms with E-state index in [1.807, 2.05) is 39.3 Å². The summed E-state index contributed by atoms with van der Waals surface area (Å²) in [6.07, 6.45) is 8.01. The molecule has 1 fully saturated rings. The summed E-state index contributed by atoms with van der Waals surface area (Å²) in [4.78, 5) is 23.3. The summed E-state index contributed by atoms with van der Waals surface area (Å²) in [5.74, 6) is 0.375. The van der Waals surface area contributed by atoms with Crippen LogP contribution in [0.15, 0.2) is 63.0 Å². The summed E-state index contributed by atoms with van der Waals surface area (Å²) in [6, 6.07) is 7.86. The van der Waals surface area contributed by atoms with Gasteiger partial charge < -0.3 is 14.6 Å². The van der Waals surface area contributed by atoms with Gasteiger partial charge in [0.1, 0.15) is 11.5 Å². The number of halogens is 2. The van der Waals surface area contributed by atoms with Crippen molar-refractivity contribution in [1.29, 1.82) is 0 Å². The lowest BCUT2D eigenvalue weighted by molar-refractivity contribution is 0.0687. The number of amidine groups is 1. The van der Waals surface area contributed by atoms with Crippen LogP contribution >= 0.6 is 15.9 Å². The fourth-order valence-electron chi connectivity index (χ4n) is 4.32. The fourth-order valence-corrected chi connectivity index (χ4v) is 4.69. The van der Waals surface area contributed by atoms with Crippen LogP contribution in [0.25, 0.3) is 5.65 Å². The van der Waals surface area contributed by atoms with E-state index in [0.717, 1.165) is 24.9 Å². The Morgan fingerprint density at radius 2 is 2.08 bits per heavy atom. The van der Waals surface area contributed by atoms with Crippen LogP contribution in [0.5, 0.6) is 0 Å². The number of benzene rings is 1. The summed E-state index contributed by atoms with van der Waals surface area (Å²) >= 11 is 3.11. The summed E-state index contributed by atoms with van der Waals surface area (Å²) in [5, 5.41) is 20.5. The van der Waals surface area contributed by atoms with E-state index in [-0.39, 0.29) is 21.9 Å². The van der Waals surface area contributed by atoms with Crippen LogP contribution in [0.2, 0.25) is 0 Å². The van der Waals surface area contributed by atoms with E-state index >= 15 is 0 Å². The first-order chi connectivity index (χ1) is 18.0. The summed E-state index contributed by atoms with van der Waals surface area (Å²) < 4.78 is 20.4. The van der Waals surface area contributed by atoms with Gasteiger partial charge in [-0.2, -0.15) is 0 Å². The number of piperidine rings is 1. The summed E-state index contributed by atoms with van der Waals surface area (Å²) in [7, 11) is 0. The third kappa shape index (κ3) is 5.62. The molecule has 1 aliphatic heterocycles. The van der Waals surface area contributed by atoms with Crippen LogP contribution in [0.4, 0.5) is 15.9 Å². The van der Waals surface area contributed by atoms with Crippen LogP contribution in [-0.4, -0.2) is 61.2 Å². The molecule has 0 radical (unpaired) electrons. The average Bonchev–Trinajstić information content (AvgIpc) is 3.58. The second-order valence-electron chi connectivity index (χ2n) is 8.69. The predicted molar refractivity (Wildman–Crippen MR) is 136 cm³/mol. The smallest absolute Gasteiger partial charge is 0.255 e. The zero-order valence-electron chi connectivity index (χ0n) is 19.6. The van der Waals surface area contributed by atoms with Gasteiger partial charge in [-0.3, -0.25) is 15.5 Å². The van der Waals surface area contributed by atoms with Gasteiger partial charge in [0.2, 0.25) is 5.82 Å². The number of imidazole rings is 1. The van der Waals surface area contributed by atoms with E-state index in [1.165, 1.54) is 18.2 Å². The molecular weight excluding hydrogens is 547 g/mol. The van der Waals surface area contributed by atoms with Gasteiger partial charge in [-0.15, -0.1) is 0 Å². The molecule has 4 aromatic rings. The minimum Gasteiger partial charge on any atom is -0.365 e. The third-order valence-electron chi connectivity index (χ3n) is 6.35. The number of likely N-dealkylation sites (tertiary alicyclic amines) is 1. The summed E-state index contributed by atoms with van der Waals surface area (Å²) in [6.45, 7) is 1.99. The first-order valence-corrected chi connectivity index (χ1v) is 12.5. The van der Waals surface area contributed by atoms with Gasteiger partial charge in [0.25, 0.3) is 5.91 Å². The third-order valence-corrected chi connectivity index (χ3v) is 6.95. The van der Waals surface area contributed by atoms with Crippen LogP contribution in [0.3, 0.4) is 0 Å². The van der Waals surface area contributed by atoms with Crippen molar-refractivity contribution in [3.05, 3.63) is 70.5 Å². The zero-order chi connectivity index (χ0) is 25.8. The number of aromatic nitrogens is 4. The Labute approximate surface area is 219 Å². The van der Waals surface area contributed by atoms with Gasteiger partial charge in [-0.25, -0.2) is 19.0 Å². The van der Waals surface area contributed by atoms with Crippen molar-refractivity contribution in [3.8, 4) is 0 Å². The molecule has 5 rings (SSSR count). The van der Waals surface area contributed by atoms with Gasteiger partial charge in [-0.1, -0.05) is 0 Å². The number of hydroxylamine groups is 1. The number of nitrogens with zero attached hydrogens (tertiary/aromatic N) is 6. The highest BCUT2D eigenvalue weighted by molar-refractivity contribution is 9.10. The van der Waals surface area contributed by atoms with Crippen LogP contribution in [0, 0.1) is 11.7 Å². The first kappa shape index (κ1) is 24.8. The maximum atomic E-state index is 13.5. The van der Waals surface area contributed by atoms with Crippen molar-refractivity contribution in [2.45, 2.75) is 19.3 Å². The maximum Gasteiger partial charge on any atom is 0.255 e. The molecule has 1 saturated heterocycles. The molecule has 192 valence electrons. The number of carbonyl (C=O) groups is 1. The van der Waals surface area contributed by atoms with Crippen molar-refractivity contribution in [2.24, 2.45) is 10.9 Å². The molecule has 1 aliphatic rings. The number of rotatable bonds is 7. The molecule has 0 aliphatic carbocycles. The van der Waals surface area contributed by atoms with Crippen molar-refractivity contribution in [3.63, 3.8) is 0 Å². The number of carbonyl (C=O) groups excluding carboxylic acids is 1. The number of anilines is 1. The molecule has 11 nitrogen and oxygen atoms in total. The van der Waals surface area contributed by atoms with Crippen LogP contribution in [-0.2, 0) is 0 Å². The Balaban J connectivity index is 1.14. The van der Waals surface area contributed by atoms with Crippen molar-refractivity contribution >= 4 is 44.8 Å². The second-order valence-corrected chi connectivity index (χ2v) is 9.55. The SMILES string of the molecule is O=C(c1ccc2nccn2c1)N1CCC(CCNc2nonc2C(=Nc2ccc(F)c(Br)c2)NO)CC1. The molecule has 0 spiro atoms. The fraction of sp³-hybridized carbons (Fsp3) is 0.292. The highest BCUT2D eigenvalue weighted by Crippen LogP contribution is 2.24. The quantitative estimate of drug-likeness (QED) is 0.172. The first-order valence-electron chi connectivity index (χ1n) is 11.7. The molecule has 37 heavy (non-hydrogen) atoms. The molecule has 0 saturated carbocycles. The largest absolute Gasteiger partial charge is 0.365 e. The highest BCUT2D eigenvalue weighted by atomic mass is 79.9. The van der Waals surface area contributed by atoms with Crippen molar-refractivity contribution < 1.29 is 19.0 Å². The normalized spacial score (nSPS) is 14.8. The van der Waals surface area contributed by atoms with Gasteiger partial charge in [0.05, 0.1) is 15.7 Å². The molecule has 3 N–H and O–H groups in total. The molecular formula is C24H24BrFN8O3. The number of amides is 1. The molecule has 4 heterocycles. The number of pyridine rings is 1. The van der Waals surface area contributed by atoms with E-state index < -0.39 is 5.82 Å². The molecule has 0 bridgehead atoms.